The number of nitrogens with zero attached hydrogens (tertiary/aromatic N) is 4. The average Bonchev–Trinajstić information content (AvgIpc) is 3.10. The van der Waals surface area contributed by atoms with E-state index in [1.807, 2.05) is 11.6 Å². The quantitative estimate of drug-likeness (QED) is 0.206. The summed E-state index contributed by atoms with van der Waals surface area (Å²) in [5.41, 5.74) is 2.29. The normalized spacial score (nSPS) is 11.1. The van der Waals surface area contributed by atoms with E-state index < -0.39 is 0 Å². The van der Waals surface area contributed by atoms with Crippen molar-refractivity contribution >= 4 is 29.9 Å². The first kappa shape index (κ1) is 25.2. The zero-order valence-corrected chi connectivity index (χ0v) is 20.4. The Bertz CT molecular complexity index is 747. The lowest BCUT2D eigenvalue weighted by atomic mass is 10.1. The second-order valence-corrected chi connectivity index (χ2v) is 6.93. The predicted molar refractivity (Wildman–Crippen MR) is 129 cm³/mol. The van der Waals surface area contributed by atoms with Crippen LogP contribution in [0.25, 0.3) is 0 Å². The molecule has 7 nitrogen and oxygen atoms in total. The summed E-state index contributed by atoms with van der Waals surface area (Å²) in [4.78, 5) is 4.72. The average molecular weight is 514 g/mol. The number of aryl methyl sites for hydroxylation is 2. The Morgan fingerprint density at radius 2 is 2.00 bits per heavy atom. The van der Waals surface area contributed by atoms with E-state index in [4.69, 9.17) is 9.73 Å². The molecule has 0 atom stereocenters. The Morgan fingerprint density at radius 1 is 1.17 bits per heavy atom. The van der Waals surface area contributed by atoms with Crippen molar-refractivity contribution in [1.82, 2.24) is 25.4 Å². The minimum absolute atomic E-state index is 0. The SMILES string of the molecule is CCCCCCOc1cc(C)ccc1CN=C(NCC)NCc1nncn1C.I. The number of halogens is 1. The number of ether oxygens (including phenoxy) is 1. The minimum Gasteiger partial charge on any atom is -0.493 e. The third kappa shape index (κ3) is 9.01. The molecule has 0 saturated carbocycles. The van der Waals surface area contributed by atoms with Gasteiger partial charge in [-0.25, -0.2) is 4.99 Å². The summed E-state index contributed by atoms with van der Waals surface area (Å²) in [7, 11) is 1.93. The molecule has 0 unspecified atom stereocenters. The van der Waals surface area contributed by atoms with Gasteiger partial charge in [0.1, 0.15) is 12.1 Å². The fraction of sp³-hybridized carbons (Fsp3) is 0.571. The Morgan fingerprint density at radius 3 is 2.69 bits per heavy atom. The number of hydrogen-bond donors (Lipinski definition) is 2. The van der Waals surface area contributed by atoms with Crippen LogP contribution in [0.15, 0.2) is 29.5 Å². The number of nitrogens with one attached hydrogen (secondary N) is 2. The first-order chi connectivity index (χ1) is 13.6. The molecule has 0 amide bonds. The second kappa shape index (κ2) is 14.2. The second-order valence-electron chi connectivity index (χ2n) is 6.93. The van der Waals surface area contributed by atoms with Crippen LogP contribution >= 0.6 is 24.0 Å². The van der Waals surface area contributed by atoms with Gasteiger partial charge in [-0.1, -0.05) is 38.3 Å². The monoisotopic (exact) mass is 514 g/mol. The summed E-state index contributed by atoms with van der Waals surface area (Å²) in [5.74, 6) is 2.54. The fourth-order valence-corrected chi connectivity index (χ4v) is 2.77. The molecule has 8 heteroatoms. The first-order valence-corrected chi connectivity index (χ1v) is 10.2. The number of hydrogen-bond acceptors (Lipinski definition) is 4. The smallest absolute Gasteiger partial charge is 0.191 e. The van der Waals surface area contributed by atoms with Gasteiger partial charge in [0.25, 0.3) is 0 Å². The van der Waals surface area contributed by atoms with Crippen LogP contribution in [0.4, 0.5) is 0 Å². The highest BCUT2D eigenvalue weighted by Crippen LogP contribution is 2.21. The van der Waals surface area contributed by atoms with Crippen molar-refractivity contribution in [3.8, 4) is 5.75 Å². The molecule has 1 aromatic carbocycles. The van der Waals surface area contributed by atoms with Gasteiger partial charge in [-0.3, -0.25) is 0 Å². The van der Waals surface area contributed by atoms with Gasteiger partial charge < -0.3 is 19.9 Å². The number of guanidine groups is 1. The minimum atomic E-state index is 0. The molecule has 0 aliphatic heterocycles. The lowest BCUT2D eigenvalue weighted by molar-refractivity contribution is 0.302. The van der Waals surface area contributed by atoms with Gasteiger partial charge in [0, 0.05) is 19.2 Å². The summed E-state index contributed by atoms with van der Waals surface area (Å²) in [6.45, 7) is 9.03. The van der Waals surface area contributed by atoms with Crippen molar-refractivity contribution in [3.05, 3.63) is 41.5 Å². The van der Waals surface area contributed by atoms with Gasteiger partial charge >= 0.3 is 0 Å². The number of unbranched alkanes of at least 4 members (excludes halogenated alkanes) is 3. The van der Waals surface area contributed by atoms with Crippen molar-refractivity contribution in [2.24, 2.45) is 12.0 Å². The highest BCUT2D eigenvalue weighted by molar-refractivity contribution is 14.0. The van der Waals surface area contributed by atoms with Crippen molar-refractivity contribution in [3.63, 3.8) is 0 Å². The predicted octanol–water partition coefficient (Wildman–Crippen LogP) is 3.96. The van der Waals surface area contributed by atoms with Crippen LogP contribution in [0.5, 0.6) is 5.75 Å². The topological polar surface area (TPSA) is 76.4 Å². The van der Waals surface area contributed by atoms with Crippen LogP contribution < -0.4 is 15.4 Å². The molecule has 0 saturated heterocycles. The lowest BCUT2D eigenvalue weighted by Gasteiger charge is -2.13. The summed E-state index contributed by atoms with van der Waals surface area (Å²) in [6.07, 6.45) is 6.49. The van der Waals surface area contributed by atoms with Gasteiger partial charge in [0.05, 0.1) is 19.7 Å². The standard InChI is InChI=1S/C21H34N6O.HI/c1-5-7-8-9-12-28-19-13-17(3)10-11-18(19)14-23-21(22-6-2)24-15-20-26-25-16-27(20)4;/h10-11,13,16H,5-9,12,14-15H2,1-4H3,(H2,22,23,24);1H. The number of aromatic nitrogens is 3. The van der Waals surface area contributed by atoms with Crippen LogP contribution in [-0.2, 0) is 20.1 Å². The number of aliphatic imine (C=N–C) groups is 1. The lowest BCUT2D eigenvalue weighted by Crippen LogP contribution is -2.37. The van der Waals surface area contributed by atoms with E-state index >= 15 is 0 Å². The molecule has 2 rings (SSSR count). The summed E-state index contributed by atoms with van der Waals surface area (Å²) in [5, 5.41) is 14.6. The van der Waals surface area contributed by atoms with E-state index in [9.17, 15) is 0 Å². The highest BCUT2D eigenvalue weighted by Gasteiger charge is 2.06. The van der Waals surface area contributed by atoms with Crippen LogP contribution in [0.3, 0.4) is 0 Å². The molecule has 1 heterocycles. The Kier molecular flexibility index (Phi) is 12.3. The Labute approximate surface area is 191 Å². The van der Waals surface area contributed by atoms with Gasteiger partial charge in [-0.2, -0.15) is 0 Å². The molecule has 0 aliphatic rings. The molecular formula is C21H35IN6O. The Balaban J connectivity index is 0.00000420. The Hall–Kier alpha value is -1.84. The van der Waals surface area contributed by atoms with E-state index in [0.29, 0.717) is 13.1 Å². The highest BCUT2D eigenvalue weighted by atomic mass is 127. The number of benzene rings is 1. The molecule has 0 aliphatic carbocycles. The maximum Gasteiger partial charge on any atom is 0.191 e. The van der Waals surface area contributed by atoms with Gasteiger partial charge in [0.2, 0.25) is 0 Å². The molecule has 0 bridgehead atoms. The van der Waals surface area contributed by atoms with Crippen molar-refractivity contribution in [1.29, 1.82) is 0 Å². The van der Waals surface area contributed by atoms with Gasteiger partial charge in [0.15, 0.2) is 11.8 Å². The largest absolute Gasteiger partial charge is 0.493 e. The molecule has 2 N–H and O–H groups in total. The first-order valence-electron chi connectivity index (χ1n) is 10.2. The van der Waals surface area contributed by atoms with Crippen LogP contribution in [0, 0.1) is 6.92 Å². The summed E-state index contributed by atoms with van der Waals surface area (Å²) < 4.78 is 7.95. The maximum absolute atomic E-state index is 6.06. The van der Waals surface area contributed by atoms with E-state index in [1.165, 1.54) is 24.8 Å². The molecule has 1 aromatic heterocycles. The zero-order chi connectivity index (χ0) is 20.2. The molecule has 0 radical (unpaired) electrons. The van der Waals surface area contributed by atoms with Gasteiger partial charge in [-0.05, 0) is 31.9 Å². The van der Waals surface area contributed by atoms with E-state index in [-0.39, 0.29) is 24.0 Å². The third-order valence-corrected chi connectivity index (χ3v) is 4.45. The zero-order valence-electron chi connectivity index (χ0n) is 18.1. The molecule has 29 heavy (non-hydrogen) atoms. The molecule has 0 fully saturated rings. The maximum atomic E-state index is 6.06. The third-order valence-electron chi connectivity index (χ3n) is 4.45. The van der Waals surface area contributed by atoms with Crippen molar-refractivity contribution in [2.45, 2.75) is 59.5 Å². The van der Waals surface area contributed by atoms with Crippen LogP contribution in [0.1, 0.15) is 56.5 Å². The molecule has 0 spiro atoms. The van der Waals surface area contributed by atoms with E-state index in [1.54, 1.807) is 6.33 Å². The van der Waals surface area contributed by atoms with Crippen molar-refractivity contribution < 1.29 is 4.74 Å². The fourth-order valence-electron chi connectivity index (χ4n) is 2.77. The van der Waals surface area contributed by atoms with Crippen molar-refractivity contribution in [2.75, 3.05) is 13.2 Å². The molecular weight excluding hydrogens is 479 g/mol. The molecule has 162 valence electrons. The summed E-state index contributed by atoms with van der Waals surface area (Å²) in [6, 6.07) is 6.31. The van der Waals surface area contributed by atoms with Crippen LogP contribution in [0.2, 0.25) is 0 Å². The summed E-state index contributed by atoms with van der Waals surface area (Å²) >= 11 is 0. The van der Waals surface area contributed by atoms with Gasteiger partial charge in [-0.15, -0.1) is 34.2 Å². The van der Waals surface area contributed by atoms with E-state index in [0.717, 1.165) is 42.7 Å². The molecule has 2 aromatic rings. The van der Waals surface area contributed by atoms with Crippen LogP contribution in [-0.4, -0.2) is 33.9 Å². The van der Waals surface area contributed by atoms with E-state index in [2.05, 4.69) is 59.8 Å². The number of rotatable bonds is 11.